The zero-order valence-electron chi connectivity index (χ0n) is 18.6. The van der Waals surface area contributed by atoms with E-state index in [1.165, 1.54) is 22.6 Å². The molecule has 3 heterocycles. The van der Waals surface area contributed by atoms with Crippen LogP contribution in [-0.4, -0.2) is 41.8 Å². The van der Waals surface area contributed by atoms with Gasteiger partial charge in [0.05, 0.1) is 19.0 Å². The van der Waals surface area contributed by atoms with E-state index in [2.05, 4.69) is 15.1 Å². The van der Waals surface area contributed by atoms with Crippen molar-refractivity contribution in [1.82, 2.24) is 19.7 Å². The second-order valence-electron chi connectivity index (χ2n) is 7.18. The molecule has 11 heteroatoms. The van der Waals surface area contributed by atoms with Gasteiger partial charge in [-0.2, -0.15) is 0 Å². The van der Waals surface area contributed by atoms with Crippen molar-refractivity contribution in [1.29, 1.82) is 0 Å². The van der Waals surface area contributed by atoms with Crippen LogP contribution in [0, 0.1) is 0 Å². The van der Waals surface area contributed by atoms with E-state index < -0.39 is 15.6 Å². The molecule has 0 atom stereocenters. The number of para-hydroxylation sites is 1. The summed E-state index contributed by atoms with van der Waals surface area (Å²) in [4.78, 5) is 21.4. The van der Waals surface area contributed by atoms with Gasteiger partial charge >= 0.3 is 0 Å². The van der Waals surface area contributed by atoms with Crippen LogP contribution in [-0.2, 0) is 16.4 Å². The summed E-state index contributed by atoms with van der Waals surface area (Å²) in [7, 11) is -2.45. The van der Waals surface area contributed by atoms with Crippen molar-refractivity contribution < 1.29 is 13.2 Å². The molecule has 3 aromatic heterocycles. The predicted octanol–water partition coefficient (Wildman–Crippen LogP) is 3.19. The highest BCUT2D eigenvalue weighted by Crippen LogP contribution is 2.26. The standard InChI is InChI=1S/C23H23N5O4S.ClH/c1-3-27(19-8-5-4-6-9-19)33(30,31)21-10-7-11-25-22(21)28-23(29)18(15-26-28)12-17-13-20(32-2)16-24-14-17;/h4-11,13-16,26H,3,12H2,1-2H3;1H. The lowest BCUT2D eigenvalue weighted by atomic mass is 10.1. The second kappa shape index (κ2) is 10.5. The zero-order valence-corrected chi connectivity index (χ0v) is 20.2. The summed E-state index contributed by atoms with van der Waals surface area (Å²) in [5.41, 5.74) is 1.36. The van der Waals surface area contributed by atoms with E-state index in [-0.39, 0.29) is 29.7 Å². The number of methoxy groups -OCH3 is 1. The smallest absolute Gasteiger partial charge is 0.276 e. The number of H-pyrrole nitrogens is 1. The summed E-state index contributed by atoms with van der Waals surface area (Å²) in [5.74, 6) is 0.592. The Labute approximate surface area is 203 Å². The number of hydrogen-bond donors (Lipinski definition) is 1. The predicted molar refractivity (Wildman–Crippen MR) is 132 cm³/mol. The summed E-state index contributed by atoms with van der Waals surface area (Å²) < 4.78 is 34.8. The average Bonchev–Trinajstić information content (AvgIpc) is 3.20. The molecule has 4 rings (SSSR count). The molecule has 9 nitrogen and oxygen atoms in total. The molecular formula is C23H24ClN5O4S. The minimum Gasteiger partial charge on any atom is -0.495 e. The van der Waals surface area contributed by atoms with E-state index in [0.717, 1.165) is 10.2 Å². The Kier molecular flexibility index (Phi) is 7.75. The molecule has 0 radical (unpaired) electrons. The molecule has 34 heavy (non-hydrogen) atoms. The van der Waals surface area contributed by atoms with Crippen molar-refractivity contribution >= 4 is 28.1 Å². The number of sulfonamides is 1. The molecule has 0 aliphatic rings. The second-order valence-corrected chi connectivity index (χ2v) is 9.01. The van der Waals surface area contributed by atoms with E-state index in [0.29, 0.717) is 23.4 Å². The number of anilines is 1. The quantitative estimate of drug-likeness (QED) is 0.397. The Morgan fingerprint density at radius 2 is 1.88 bits per heavy atom. The number of aromatic amines is 1. The SMILES string of the molecule is CCN(c1ccccc1)S(=O)(=O)c1cccnc1-n1[nH]cc(Cc2cncc(OC)c2)c1=O.Cl. The van der Waals surface area contributed by atoms with Crippen molar-refractivity contribution in [2.24, 2.45) is 0 Å². The van der Waals surface area contributed by atoms with Crippen molar-refractivity contribution in [2.75, 3.05) is 18.0 Å². The molecule has 0 saturated heterocycles. The van der Waals surface area contributed by atoms with Crippen LogP contribution in [0.5, 0.6) is 5.75 Å². The summed E-state index contributed by atoms with van der Waals surface area (Å²) >= 11 is 0. The molecular weight excluding hydrogens is 478 g/mol. The van der Waals surface area contributed by atoms with Crippen LogP contribution in [0.15, 0.2) is 83.0 Å². The highest BCUT2D eigenvalue weighted by Gasteiger charge is 2.28. The van der Waals surface area contributed by atoms with Crippen molar-refractivity contribution in [2.45, 2.75) is 18.2 Å². The molecule has 178 valence electrons. The largest absolute Gasteiger partial charge is 0.495 e. The van der Waals surface area contributed by atoms with Crippen molar-refractivity contribution in [3.63, 3.8) is 0 Å². The Balaban J connectivity index is 0.00000324. The fourth-order valence-corrected chi connectivity index (χ4v) is 5.14. The van der Waals surface area contributed by atoms with E-state index in [1.54, 1.807) is 63.0 Å². The molecule has 0 saturated carbocycles. The normalized spacial score (nSPS) is 11.0. The topological polar surface area (TPSA) is 110 Å². The van der Waals surface area contributed by atoms with Crippen molar-refractivity contribution in [3.8, 4) is 11.6 Å². The number of pyridine rings is 2. The van der Waals surface area contributed by atoms with Crippen LogP contribution in [0.3, 0.4) is 0 Å². The van der Waals surface area contributed by atoms with E-state index in [4.69, 9.17) is 4.74 Å². The lowest BCUT2D eigenvalue weighted by Gasteiger charge is -2.23. The number of benzene rings is 1. The first-order valence-corrected chi connectivity index (χ1v) is 11.7. The Bertz CT molecular complexity index is 1420. The fraction of sp³-hybridized carbons (Fsp3) is 0.174. The molecule has 0 spiro atoms. The Morgan fingerprint density at radius 1 is 1.12 bits per heavy atom. The van der Waals surface area contributed by atoms with Crippen LogP contribution in [0.25, 0.3) is 5.82 Å². The average molecular weight is 502 g/mol. The lowest BCUT2D eigenvalue weighted by molar-refractivity contribution is 0.412. The van der Waals surface area contributed by atoms with Crippen LogP contribution in [0.4, 0.5) is 5.69 Å². The van der Waals surface area contributed by atoms with Gasteiger partial charge in [0.15, 0.2) is 5.82 Å². The molecule has 1 aromatic carbocycles. The first-order chi connectivity index (χ1) is 16.0. The van der Waals surface area contributed by atoms with Gasteiger partial charge < -0.3 is 4.74 Å². The molecule has 0 fully saturated rings. The maximum Gasteiger partial charge on any atom is 0.276 e. The van der Waals surface area contributed by atoms with Gasteiger partial charge in [0.1, 0.15) is 10.6 Å². The number of nitrogens with one attached hydrogen (secondary N) is 1. The number of ether oxygens (including phenoxy) is 1. The third-order valence-electron chi connectivity index (χ3n) is 5.11. The van der Waals surface area contributed by atoms with Gasteiger partial charge in [0, 0.05) is 37.1 Å². The number of halogens is 1. The molecule has 0 aliphatic carbocycles. The fourth-order valence-electron chi connectivity index (χ4n) is 3.54. The van der Waals surface area contributed by atoms with Crippen LogP contribution in [0.1, 0.15) is 18.1 Å². The van der Waals surface area contributed by atoms with Crippen LogP contribution < -0.4 is 14.6 Å². The number of rotatable bonds is 8. The monoisotopic (exact) mass is 501 g/mol. The highest BCUT2D eigenvalue weighted by atomic mass is 35.5. The van der Waals surface area contributed by atoms with E-state index in [1.807, 2.05) is 6.07 Å². The van der Waals surface area contributed by atoms with Gasteiger partial charge in [0.25, 0.3) is 15.6 Å². The van der Waals surface area contributed by atoms with Gasteiger partial charge in [-0.15, -0.1) is 12.4 Å². The van der Waals surface area contributed by atoms with Gasteiger partial charge in [-0.25, -0.2) is 18.1 Å². The van der Waals surface area contributed by atoms with E-state index in [9.17, 15) is 13.2 Å². The van der Waals surface area contributed by atoms with Gasteiger partial charge in [-0.1, -0.05) is 18.2 Å². The van der Waals surface area contributed by atoms with Gasteiger partial charge in [-0.05, 0) is 42.8 Å². The summed E-state index contributed by atoms with van der Waals surface area (Å²) in [6, 6.07) is 13.6. The highest BCUT2D eigenvalue weighted by molar-refractivity contribution is 7.93. The zero-order chi connectivity index (χ0) is 23.4. The Morgan fingerprint density at radius 3 is 2.59 bits per heavy atom. The lowest BCUT2D eigenvalue weighted by Crippen LogP contribution is -2.32. The first-order valence-electron chi connectivity index (χ1n) is 10.3. The maximum absolute atomic E-state index is 13.6. The molecule has 4 aromatic rings. The molecule has 1 N–H and O–H groups in total. The molecule has 0 aliphatic heterocycles. The van der Waals surface area contributed by atoms with Gasteiger partial charge in [-0.3, -0.25) is 19.2 Å². The summed E-state index contributed by atoms with van der Waals surface area (Å²) in [5, 5.41) is 2.86. The maximum atomic E-state index is 13.6. The third kappa shape index (κ3) is 4.82. The molecule has 0 bridgehead atoms. The number of nitrogens with zero attached hydrogens (tertiary/aromatic N) is 4. The summed E-state index contributed by atoms with van der Waals surface area (Å²) in [6.07, 6.45) is 6.52. The molecule has 0 amide bonds. The molecule has 0 unspecified atom stereocenters. The first kappa shape index (κ1) is 25.0. The van der Waals surface area contributed by atoms with Gasteiger partial charge in [0.2, 0.25) is 0 Å². The summed E-state index contributed by atoms with van der Waals surface area (Å²) in [6.45, 7) is 1.97. The van der Waals surface area contributed by atoms with Crippen molar-refractivity contribution in [3.05, 3.63) is 94.8 Å². The van der Waals surface area contributed by atoms with E-state index >= 15 is 0 Å². The number of aromatic nitrogens is 4. The minimum atomic E-state index is -3.99. The number of hydrogen-bond acceptors (Lipinski definition) is 6. The van der Waals surface area contributed by atoms with Crippen LogP contribution >= 0.6 is 12.4 Å². The minimum absolute atomic E-state index is 0. The third-order valence-corrected chi connectivity index (χ3v) is 7.03. The Hall–Kier alpha value is -3.63. The van der Waals surface area contributed by atoms with Crippen LogP contribution in [0.2, 0.25) is 0 Å².